The fourth-order valence-electron chi connectivity index (χ4n) is 1.80. The first kappa shape index (κ1) is 12.0. The fourth-order valence-corrected chi connectivity index (χ4v) is 1.80. The van der Waals surface area contributed by atoms with Crippen molar-refractivity contribution in [2.45, 2.75) is 32.7 Å². The van der Waals surface area contributed by atoms with Crippen LogP contribution in [0.1, 0.15) is 32.3 Å². The molecule has 0 radical (unpaired) electrons. The van der Waals surface area contributed by atoms with Gasteiger partial charge >= 0.3 is 0 Å². The molecule has 1 aromatic carbocycles. The summed E-state index contributed by atoms with van der Waals surface area (Å²) in [5.74, 6) is 0.506. The topological polar surface area (TPSA) is 12.0 Å². The molecule has 1 N–H and O–H groups in total. The third-order valence-corrected chi connectivity index (χ3v) is 2.71. The molecule has 0 spiro atoms. The third kappa shape index (κ3) is 3.52. The summed E-state index contributed by atoms with van der Waals surface area (Å²) >= 11 is 0. The molecule has 0 aromatic heterocycles. The number of hydrogen-bond acceptors (Lipinski definition) is 1. The van der Waals surface area contributed by atoms with Crippen LogP contribution >= 0.6 is 0 Å². The molecular weight excluding hydrogens is 182 g/mol. The van der Waals surface area contributed by atoms with Gasteiger partial charge in [0.15, 0.2) is 0 Å². The Labute approximate surface area is 93.2 Å². The third-order valence-electron chi connectivity index (χ3n) is 2.71. The molecule has 2 unspecified atom stereocenters. The molecule has 1 heteroatoms. The van der Waals surface area contributed by atoms with Crippen molar-refractivity contribution in [1.82, 2.24) is 5.32 Å². The summed E-state index contributed by atoms with van der Waals surface area (Å²) in [6, 6.07) is 11.0. The highest BCUT2D eigenvalue weighted by molar-refractivity contribution is 5.23. The van der Waals surface area contributed by atoms with Crippen LogP contribution in [0.5, 0.6) is 0 Å². The first-order valence-electron chi connectivity index (χ1n) is 5.52. The lowest BCUT2D eigenvalue weighted by Crippen LogP contribution is -2.28. The van der Waals surface area contributed by atoms with Gasteiger partial charge in [-0.05, 0) is 32.4 Å². The number of benzene rings is 1. The molecule has 0 fully saturated rings. The monoisotopic (exact) mass is 203 g/mol. The van der Waals surface area contributed by atoms with Crippen molar-refractivity contribution in [2.24, 2.45) is 0 Å². The van der Waals surface area contributed by atoms with Gasteiger partial charge in [0.1, 0.15) is 0 Å². The average Bonchev–Trinajstić information content (AvgIpc) is 2.26. The van der Waals surface area contributed by atoms with E-state index in [1.165, 1.54) is 11.1 Å². The largest absolute Gasteiger partial charge is 0.313 e. The lowest BCUT2D eigenvalue weighted by Gasteiger charge is -2.21. The second-order valence-corrected chi connectivity index (χ2v) is 4.26. The molecule has 0 bridgehead atoms. The summed E-state index contributed by atoms with van der Waals surface area (Å²) in [6.07, 6.45) is 2.29. The maximum atomic E-state index is 3.36. The Bertz CT molecular complexity index is 309. The first-order chi connectivity index (χ1) is 7.15. The molecule has 0 aliphatic rings. The first-order valence-corrected chi connectivity index (χ1v) is 5.52. The predicted molar refractivity (Wildman–Crippen MR) is 67.1 cm³/mol. The quantitative estimate of drug-likeness (QED) is 0.740. The van der Waals surface area contributed by atoms with E-state index in [1.807, 2.05) is 7.05 Å². The van der Waals surface area contributed by atoms with Crippen LogP contribution in [0.15, 0.2) is 42.0 Å². The van der Waals surface area contributed by atoms with Crippen LogP contribution in [0.2, 0.25) is 0 Å². The molecule has 0 heterocycles. The van der Waals surface area contributed by atoms with Crippen LogP contribution in [-0.2, 0) is 0 Å². The summed E-state index contributed by atoms with van der Waals surface area (Å²) in [7, 11) is 2.02. The summed E-state index contributed by atoms with van der Waals surface area (Å²) in [4.78, 5) is 0. The number of hydrogen-bond donors (Lipinski definition) is 1. The van der Waals surface area contributed by atoms with Crippen molar-refractivity contribution < 1.29 is 0 Å². The zero-order valence-electron chi connectivity index (χ0n) is 10.1. The van der Waals surface area contributed by atoms with Gasteiger partial charge in [-0.3, -0.25) is 0 Å². The Morgan fingerprint density at radius 1 is 1.20 bits per heavy atom. The second kappa shape index (κ2) is 5.72. The number of likely N-dealkylation sites (N-methyl/N-ethyl adjacent to an activating group) is 1. The minimum Gasteiger partial charge on any atom is -0.313 e. The summed E-state index contributed by atoms with van der Waals surface area (Å²) in [5, 5.41) is 3.36. The molecule has 0 amide bonds. The van der Waals surface area contributed by atoms with Crippen LogP contribution in [0.4, 0.5) is 0 Å². The molecule has 0 saturated heterocycles. The smallest absolute Gasteiger partial charge is 0.0316 e. The zero-order chi connectivity index (χ0) is 11.3. The van der Waals surface area contributed by atoms with Gasteiger partial charge in [0.25, 0.3) is 0 Å². The number of nitrogens with one attached hydrogen (secondary N) is 1. The highest BCUT2D eigenvalue weighted by atomic mass is 14.9. The van der Waals surface area contributed by atoms with Gasteiger partial charge in [-0.25, -0.2) is 0 Å². The van der Waals surface area contributed by atoms with E-state index in [0.29, 0.717) is 12.0 Å². The minimum absolute atomic E-state index is 0.414. The summed E-state index contributed by atoms with van der Waals surface area (Å²) < 4.78 is 0. The Hall–Kier alpha value is -1.08. The summed E-state index contributed by atoms with van der Waals surface area (Å²) in [5.41, 5.74) is 2.74. The Morgan fingerprint density at radius 2 is 1.80 bits per heavy atom. The second-order valence-electron chi connectivity index (χ2n) is 4.26. The SMILES string of the molecule is CNC(C=C(C)C)C(C)c1ccccc1. The van der Waals surface area contributed by atoms with Gasteiger partial charge in [0.2, 0.25) is 0 Å². The van der Waals surface area contributed by atoms with Gasteiger partial charge in [0, 0.05) is 6.04 Å². The van der Waals surface area contributed by atoms with Gasteiger partial charge in [-0.15, -0.1) is 0 Å². The van der Waals surface area contributed by atoms with Crippen LogP contribution in [0, 0.1) is 0 Å². The van der Waals surface area contributed by atoms with Crippen LogP contribution in [-0.4, -0.2) is 13.1 Å². The van der Waals surface area contributed by atoms with E-state index in [1.54, 1.807) is 0 Å². The van der Waals surface area contributed by atoms with E-state index in [9.17, 15) is 0 Å². The molecule has 1 rings (SSSR count). The van der Waals surface area contributed by atoms with Crippen molar-refractivity contribution in [3.8, 4) is 0 Å². The average molecular weight is 203 g/mol. The van der Waals surface area contributed by atoms with Crippen LogP contribution < -0.4 is 5.32 Å². The normalized spacial score (nSPS) is 14.4. The minimum atomic E-state index is 0.414. The van der Waals surface area contributed by atoms with Gasteiger partial charge in [-0.1, -0.05) is 48.9 Å². The number of rotatable bonds is 4. The van der Waals surface area contributed by atoms with E-state index in [-0.39, 0.29) is 0 Å². The zero-order valence-corrected chi connectivity index (χ0v) is 10.1. The predicted octanol–water partition coefficient (Wildman–Crippen LogP) is 3.34. The molecular formula is C14H21N. The fraction of sp³-hybridized carbons (Fsp3) is 0.429. The molecule has 0 aliphatic carbocycles. The van der Waals surface area contributed by atoms with Gasteiger partial charge in [0.05, 0.1) is 0 Å². The highest BCUT2D eigenvalue weighted by Gasteiger charge is 2.14. The van der Waals surface area contributed by atoms with E-state index in [4.69, 9.17) is 0 Å². The Morgan fingerprint density at radius 3 is 2.27 bits per heavy atom. The van der Waals surface area contributed by atoms with E-state index >= 15 is 0 Å². The van der Waals surface area contributed by atoms with Crippen molar-refractivity contribution in [3.63, 3.8) is 0 Å². The lowest BCUT2D eigenvalue weighted by molar-refractivity contribution is 0.567. The van der Waals surface area contributed by atoms with Crippen molar-refractivity contribution in [3.05, 3.63) is 47.5 Å². The van der Waals surface area contributed by atoms with Crippen molar-refractivity contribution in [2.75, 3.05) is 7.05 Å². The molecule has 82 valence electrons. The molecule has 1 nitrogen and oxygen atoms in total. The molecule has 1 aromatic rings. The molecule has 0 aliphatic heterocycles. The maximum absolute atomic E-state index is 3.36. The van der Waals surface area contributed by atoms with Gasteiger partial charge < -0.3 is 5.32 Å². The van der Waals surface area contributed by atoms with E-state index in [0.717, 1.165) is 0 Å². The maximum Gasteiger partial charge on any atom is 0.0316 e. The molecule has 0 saturated carbocycles. The molecule has 2 atom stereocenters. The highest BCUT2D eigenvalue weighted by Crippen LogP contribution is 2.20. The summed E-state index contributed by atoms with van der Waals surface area (Å²) in [6.45, 7) is 6.54. The van der Waals surface area contributed by atoms with Crippen LogP contribution in [0.25, 0.3) is 0 Å². The standard InChI is InChI=1S/C14H21N/c1-11(2)10-14(15-4)12(3)13-8-6-5-7-9-13/h5-10,12,14-15H,1-4H3. The Kier molecular flexibility index (Phi) is 4.57. The van der Waals surface area contributed by atoms with Crippen molar-refractivity contribution >= 4 is 0 Å². The van der Waals surface area contributed by atoms with Gasteiger partial charge in [-0.2, -0.15) is 0 Å². The lowest BCUT2D eigenvalue weighted by atomic mass is 9.92. The Balaban J connectivity index is 2.82. The van der Waals surface area contributed by atoms with Crippen LogP contribution in [0.3, 0.4) is 0 Å². The van der Waals surface area contributed by atoms with E-state index < -0.39 is 0 Å². The van der Waals surface area contributed by atoms with E-state index in [2.05, 4.69) is 62.5 Å². The van der Waals surface area contributed by atoms with Crippen molar-refractivity contribution in [1.29, 1.82) is 0 Å². The number of allylic oxidation sites excluding steroid dienone is 1. The molecule has 15 heavy (non-hydrogen) atoms.